The van der Waals surface area contributed by atoms with E-state index in [-0.39, 0.29) is 42.0 Å². The van der Waals surface area contributed by atoms with Gasteiger partial charge in [0.25, 0.3) is 5.91 Å². The summed E-state index contributed by atoms with van der Waals surface area (Å²) in [7, 11) is -3.33. The minimum Gasteiger partial charge on any atom is -0.322 e. The maximum absolute atomic E-state index is 14.6. The fourth-order valence-electron chi connectivity index (χ4n) is 6.01. The standard InChI is InChI=1S/C24H30FN3O5S/c25-16-12-18(15-8-10-27(11-9-15)34(32,33)17-4-2-1-3-5-17)20-14-28(24(31)19(20)13-16)21-6-7-22(29)26-23(21)30/h12-13,15,17,21H,1-11,14H2,(H,26,29,30). The molecule has 1 aliphatic carbocycles. The van der Waals surface area contributed by atoms with Gasteiger partial charge in [0, 0.05) is 31.6 Å². The number of piperidine rings is 2. The lowest BCUT2D eigenvalue weighted by Gasteiger charge is -2.35. The topological polar surface area (TPSA) is 104 Å². The summed E-state index contributed by atoms with van der Waals surface area (Å²) in [4.78, 5) is 38.3. The van der Waals surface area contributed by atoms with Crippen molar-refractivity contribution in [2.45, 2.75) is 81.5 Å². The number of benzene rings is 1. The summed E-state index contributed by atoms with van der Waals surface area (Å²) in [5, 5.41) is 1.99. The summed E-state index contributed by atoms with van der Waals surface area (Å²) in [6.45, 7) is 0.968. The fraction of sp³-hybridized carbons (Fsp3) is 0.625. The van der Waals surface area contributed by atoms with Gasteiger partial charge in [-0.05, 0) is 61.3 Å². The van der Waals surface area contributed by atoms with Crippen LogP contribution in [-0.2, 0) is 26.2 Å². The van der Waals surface area contributed by atoms with Crippen molar-refractivity contribution in [3.63, 3.8) is 0 Å². The van der Waals surface area contributed by atoms with E-state index in [4.69, 9.17) is 0 Å². The highest BCUT2D eigenvalue weighted by Gasteiger charge is 2.42. The quantitative estimate of drug-likeness (QED) is 0.652. The highest BCUT2D eigenvalue weighted by molar-refractivity contribution is 7.89. The molecule has 1 atom stereocenters. The van der Waals surface area contributed by atoms with Crippen molar-refractivity contribution in [2.75, 3.05) is 13.1 Å². The van der Waals surface area contributed by atoms with Crippen LogP contribution in [0.4, 0.5) is 4.39 Å². The number of imide groups is 1. The zero-order valence-electron chi connectivity index (χ0n) is 19.1. The van der Waals surface area contributed by atoms with Gasteiger partial charge in [-0.3, -0.25) is 19.7 Å². The van der Waals surface area contributed by atoms with E-state index in [1.54, 1.807) is 4.31 Å². The maximum Gasteiger partial charge on any atom is 0.255 e. The lowest BCUT2D eigenvalue weighted by molar-refractivity contribution is -0.136. The van der Waals surface area contributed by atoms with Crippen LogP contribution in [0.5, 0.6) is 0 Å². The van der Waals surface area contributed by atoms with E-state index in [2.05, 4.69) is 5.32 Å². The third-order valence-corrected chi connectivity index (χ3v) is 10.3. The van der Waals surface area contributed by atoms with Crippen LogP contribution < -0.4 is 5.32 Å². The first-order chi connectivity index (χ1) is 16.3. The molecule has 1 unspecified atom stereocenters. The molecule has 0 spiro atoms. The minimum atomic E-state index is -3.33. The van der Waals surface area contributed by atoms with Crippen molar-refractivity contribution in [3.05, 3.63) is 34.6 Å². The van der Waals surface area contributed by atoms with Crippen molar-refractivity contribution in [1.29, 1.82) is 0 Å². The molecule has 0 radical (unpaired) electrons. The van der Waals surface area contributed by atoms with Crippen molar-refractivity contribution >= 4 is 27.7 Å². The van der Waals surface area contributed by atoms with Crippen LogP contribution >= 0.6 is 0 Å². The SMILES string of the molecule is O=C1CCC(N2Cc3c(cc(F)cc3C3CCN(S(=O)(=O)C4CCCCC4)CC3)C2=O)C(=O)N1. The Morgan fingerprint density at radius 3 is 2.32 bits per heavy atom. The molecule has 1 saturated carbocycles. The monoisotopic (exact) mass is 491 g/mol. The molecule has 0 bridgehead atoms. The number of sulfonamides is 1. The summed E-state index contributed by atoms with van der Waals surface area (Å²) in [5.41, 5.74) is 1.70. The number of hydrogen-bond donors (Lipinski definition) is 1. The normalized spacial score (nSPS) is 25.5. The number of halogens is 1. The molecule has 0 aromatic heterocycles. The van der Waals surface area contributed by atoms with Crippen LogP contribution in [-0.4, -0.2) is 59.7 Å². The van der Waals surface area contributed by atoms with E-state index >= 15 is 0 Å². The first kappa shape index (κ1) is 23.4. The molecule has 3 aliphatic heterocycles. The van der Waals surface area contributed by atoms with Crippen LogP contribution in [0, 0.1) is 5.82 Å². The molecule has 3 heterocycles. The molecule has 5 rings (SSSR count). The highest BCUT2D eigenvalue weighted by Crippen LogP contribution is 2.39. The third kappa shape index (κ3) is 4.15. The van der Waals surface area contributed by atoms with E-state index in [0.29, 0.717) is 31.5 Å². The second kappa shape index (κ2) is 9.03. The minimum absolute atomic E-state index is 0.0586. The zero-order chi connectivity index (χ0) is 24.0. The van der Waals surface area contributed by atoms with Crippen molar-refractivity contribution in [1.82, 2.24) is 14.5 Å². The third-order valence-electron chi connectivity index (χ3n) is 7.88. The smallest absolute Gasteiger partial charge is 0.255 e. The van der Waals surface area contributed by atoms with Gasteiger partial charge in [0.05, 0.1) is 5.25 Å². The number of amides is 3. The Hall–Kier alpha value is -2.33. The number of fused-ring (bicyclic) bond motifs is 1. The number of carbonyl (C=O) groups is 3. The zero-order valence-corrected chi connectivity index (χ0v) is 19.9. The van der Waals surface area contributed by atoms with Crippen LogP contribution in [0.2, 0.25) is 0 Å². The van der Waals surface area contributed by atoms with Gasteiger partial charge in [0.2, 0.25) is 21.8 Å². The molecule has 10 heteroatoms. The fourth-order valence-corrected chi connectivity index (χ4v) is 8.08. The van der Waals surface area contributed by atoms with E-state index in [9.17, 15) is 27.2 Å². The van der Waals surface area contributed by atoms with Gasteiger partial charge in [-0.25, -0.2) is 17.1 Å². The Balaban J connectivity index is 1.33. The van der Waals surface area contributed by atoms with E-state index in [1.165, 1.54) is 17.0 Å². The predicted molar refractivity (Wildman–Crippen MR) is 122 cm³/mol. The van der Waals surface area contributed by atoms with Crippen LogP contribution in [0.1, 0.15) is 85.2 Å². The first-order valence-corrected chi connectivity index (χ1v) is 13.7. The average Bonchev–Trinajstić information content (AvgIpc) is 3.15. The Labute approximate surface area is 198 Å². The molecule has 1 aromatic rings. The van der Waals surface area contributed by atoms with Crippen LogP contribution in [0.25, 0.3) is 0 Å². The molecule has 3 amide bonds. The van der Waals surface area contributed by atoms with Crippen molar-refractivity contribution in [3.8, 4) is 0 Å². The molecular weight excluding hydrogens is 461 g/mol. The van der Waals surface area contributed by atoms with Gasteiger partial charge in [-0.2, -0.15) is 0 Å². The lowest BCUT2D eigenvalue weighted by Crippen LogP contribution is -2.52. The van der Waals surface area contributed by atoms with Gasteiger partial charge in [-0.15, -0.1) is 0 Å². The molecule has 184 valence electrons. The first-order valence-electron chi connectivity index (χ1n) is 12.2. The summed E-state index contributed by atoms with van der Waals surface area (Å²) >= 11 is 0. The molecular formula is C24H30FN3O5S. The number of carbonyl (C=O) groups excluding carboxylic acids is 3. The molecule has 34 heavy (non-hydrogen) atoms. The highest BCUT2D eigenvalue weighted by atomic mass is 32.2. The second-order valence-electron chi connectivity index (χ2n) is 9.90. The molecule has 1 N–H and O–H groups in total. The van der Waals surface area contributed by atoms with Crippen molar-refractivity contribution in [2.24, 2.45) is 0 Å². The number of nitrogens with zero attached hydrogens (tertiary/aromatic N) is 2. The summed E-state index contributed by atoms with van der Waals surface area (Å²) in [6, 6.07) is 1.92. The summed E-state index contributed by atoms with van der Waals surface area (Å²) < 4.78 is 42.3. The van der Waals surface area contributed by atoms with Gasteiger partial charge < -0.3 is 4.90 Å². The second-order valence-corrected chi connectivity index (χ2v) is 12.1. The van der Waals surface area contributed by atoms with Crippen LogP contribution in [0.3, 0.4) is 0 Å². The summed E-state index contributed by atoms with van der Waals surface area (Å²) in [5.74, 6) is -1.82. The number of nitrogens with one attached hydrogen (secondary N) is 1. The Kier molecular flexibility index (Phi) is 6.22. The van der Waals surface area contributed by atoms with E-state index in [1.807, 2.05) is 0 Å². The van der Waals surface area contributed by atoms with Crippen LogP contribution in [0.15, 0.2) is 12.1 Å². The Morgan fingerprint density at radius 1 is 0.941 bits per heavy atom. The molecule has 3 fully saturated rings. The summed E-state index contributed by atoms with van der Waals surface area (Å²) in [6.07, 6.45) is 5.97. The van der Waals surface area contributed by atoms with Gasteiger partial charge in [0.1, 0.15) is 11.9 Å². The molecule has 4 aliphatic rings. The molecule has 2 saturated heterocycles. The van der Waals surface area contributed by atoms with E-state index in [0.717, 1.165) is 37.7 Å². The average molecular weight is 492 g/mol. The lowest BCUT2D eigenvalue weighted by atomic mass is 9.86. The molecule has 8 nitrogen and oxygen atoms in total. The number of hydrogen-bond acceptors (Lipinski definition) is 5. The van der Waals surface area contributed by atoms with E-state index < -0.39 is 33.7 Å². The van der Waals surface area contributed by atoms with Gasteiger partial charge >= 0.3 is 0 Å². The largest absolute Gasteiger partial charge is 0.322 e. The Bertz CT molecular complexity index is 1120. The maximum atomic E-state index is 14.6. The van der Waals surface area contributed by atoms with Crippen molar-refractivity contribution < 1.29 is 27.2 Å². The molecule has 1 aromatic carbocycles. The number of rotatable bonds is 4. The Morgan fingerprint density at radius 2 is 1.65 bits per heavy atom. The van der Waals surface area contributed by atoms with Gasteiger partial charge in [-0.1, -0.05) is 19.3 Å². The van der Waals surface area contributed by atoms with Gasteiger partial charge in [0.15, 0.2) is 0 Å². The predicted octanol–water partition coefficient (Wildman–Crippen LogP) is 2.43.